The van der Waals surface area contributed by atoms with Crippen LogP contribution >= 0.6 is 0 Å². The second-order valence-electron chi connectivity index (χ2n) is 6.40. The molecule has 21 heavy (non-hydrogen) atoms. The van der Waals surface area contributed by atoms with Crippen LogP contribution in [0.4, 0.5) is 0 Å². The Morgan fingerprint density at radius 2 is 2.00 bits per heavy atom. The second-order valence-corrected chi connectivity index (χ2v) is 6.40. The lowest BCUT2D eigenvalue weighted by Crippen LogP contribution is -2.49. The fourth-order valence-electron chi connectivity index (χ4n) is 3.27. The van der Waals surface area contributed by atoms with Gasteiger partial charge in [-0.2, -0.15) is 0 Å². The molecule has 1 amide bonds. The highest BCUT2D eigenvalue weighted by Gasteiger charge is 2.24. The molecule has 0 aromatic heterocycles. The summed E-state index contributed by atoms with van der Waals surface area (Å²) in [7, 11) is 2.16. The van der Waals surface area contributed by atoms with Gasteiger partial charge in [0, 0.05) is 13.1 Å². The number of amides is 1. The summed E-state index contributed by atoms with van der Waals surface area (Å²) >= 11 is 0. The summed E-state index contributed by atoms with van der Waals surface area (Å²) in [6.45, 7) is 3.92. The number of fused-ring (bicyclic) bond motifs is 1. The van der Waals surface area contributed by atoms with E-state index in [2.05, 4.69) is 46.8 Å². The lowest BCUT2D eigenvalue weighted by atomic mass is 9.94. The van der Waals surface area contributed by atoms with E-state index in [1.807, 2.05) is 0 Å². The molecular weight excluding hydrogens is 262 g/mol. The van der Waals surface area contributed by atoms with Gasteiger partial charge in [-0.15, -0.1) is 0 Å². The number of benzene rings is 1. The summed E-state index contributed by atoms with van der Waals surface area (Å²) in [5, 5.41) is 6.50. The summed E-state index contributed by atoms with van der Waals surface area (Å²) < 4.78 is 0. The number of nitrogens with zero attached hydrogens (tertiary/aromatic N) is 1. The zero-order valence-electron chi connectivity index (χ0n) is 12.8. The van der Waals surface area contributed by atoms with Crippen molar-refractivity contribution in [3.63, 3.8) is 0 Å². The smallest absolute Gasteiger partial charge is 0.237 e. The molecule has 0 unspecified atom stereocenters. The van der Waals surface area contributed by atoms with Gasteiger partial charge in [-0.1, -0.05) is 24.3 Å². The molecule has 1 fully saturated rings. The molecule has 0 spiro atoms. The minimum atomic E-state index is -0.0776. The Kier molecular flexibility index (Phi) is 4.56. The van der Waals surface area contributed by atoms with E-state index in [4.69, 9.17) is 0 Å². The van der Waals surface area contributed by atoms with Crippen LogP contribution in [-0.2, 0) is 17.8 Å². The van der Waals surface area contributed by atoms with Crippen molar-refractivity contribution >= 4 is 5.91 Å². The molecule has 0 radical (unpaired) electrons. The molecule has 0 aliphatic carbocycles. The van der Waals surface area contributed by atoms with Crippen molar-refractivity contribution in [3.8, 4) is 0 Å². The maximum atomic E-state index is 12.3. The molecular formula is C17H25N3O. The first-order chi connectivity index (χ1) is 10.2. The molecule has 2 heterocycles. The highest BCUT2D eigenvalue weighted by atomic mass is 16.2. The molecule has 1 aromatic carbocycles. The molecule has 1 saturated heterocycles. The third kappa shape index (κ3) is 3.63. The molecule has 0 saturated carbocycles. The van der Waals surface area contributed by atoms with Crippen LogP contribution in [0.15, 0.2) is 24.3 Å². The monoisotopic (exact) mass is 287 g/mol. The van der Waals surface area contributed by atoms with Crippen molar-refractivity contribution < 1.29 is 4.79 Å². The predicted octanol–water partition coefficient (Wildman–Crippen LogP) is 1.16. The molecule has 1 atom stereocenters. The molecule has 4 heteroatoms. The van der Waals surface area contributed by atoms with Gasteiger partial charge in [-0.3, -0.25) is 4.79 Å². The van der Waals surface area contributed by atoms with E-state index >= 15 is 0 Å². The van der Waals surface area contributed by atoms with E-state index in [0.717, 1.165) is 32.6 Å². The van der Waals surface area contributed by atoms with Crippen molar-refractivity contribution in [3.05, 3.63) is 35.4 Å². The first-order valence-corrected chi connectivity index (χ1v) is 7.99. The van der Waals surface area contributed by atoms with Crippen LogP contribution in [0.5, 0.6) is 0 Å². The van der Waals surface area contributed by atoms with Crippen LogP contribution in [0.2, 0.25) is 0 Å². The summed E-state index contributed by atoms with van der Waals surface area (Å²) in [5.74, 6) is 0.796. The van der Waals surface area contributed by atoms with Crippen LogP contribution in [-0.4, -0.2) is 43.5 Å². The van der Waals surface area contributed by atoms with Gasteiger partial charge in [0.25, 0.3) is 0 Å². The van der Waals surface area contributed by atoms with Gasteiger partial charge in [0.05, 0.1) is 6.04 Å². The quantitative estimate of drug-likeness (QED) is 0.877. The van der Waals surface area contributed by atoms with Gasteiger partial charge in [0.15, 0.2) is 0 Å². The Balaban J connectivity index is 1.48. The zero-order chi connectivity index (χ0) is 14.7. The maximum Gasteiger partial charge on any atom is 0.237 e. The highest BCUT2D eigenvalue weighted by Crippen LogP contribution is 2.17. The maximum absolute atomic E-state index is 12.3. The number of rotatable bonds is 3. The van der Waals surface area contributed by atoms with Crippen molar-refractivity contribution in [2.45, 2.75) is 31.8 Å². The highest BCUT2D eigenvalue weighted by molar-refractivity contribution is 5.82. The van der Waals surface area contributed by atoms with E-state index in [1.54, 1.807) is 0 Å². The van der Waals surface area contributed by atoms with Gasteiger partial charge in [0.2, 0.25) is 5.91 Å². The van der Waals surface area contributed by atoms with Gasteiger partial charge in [-0.05, 0) is 56.4 Å². The Morgan fingerprint density at radius 1 is 1.29 bits per heavy atom. The normalized spacial score (nSPS) is 23.6. The Morgan fingerprint density at radius 3 is 2.76 bits per heavy atom. The average Bonchev–Trinajstić information content (AvgIpc) is 2.53. The summed E-state index contributed by atoms with van der Waals surface area (Å²) in [4.78, 5) is 14.7. The molecule has 3 rings (SSSR count). The Labute approximate surface area is 126 Å². The third-order valence-corrected chi connectivity index (χ3v) is 4.80. The lowest BCUT2D eigenvalue weighted by Gasteiger charge is -2.30. The number of likely N-dealkylation sites (tertiary alicyclic amines) is 1. The van der Waals surface area contributed by atoms with Crippen LogP contribution < -0.4 is 10.6 Å². The minimum absolute atomic E-state index is 0.0776. The molecule has 2 aliphatic heterocycles. The van der Waals surface area contributed by atoms with Gasteiger partial charge >= 0.3 is 0 Å². The van der Waals surface area contributed by atoms with Crippen LogP contribution in [0.25, 0.3) is 0 Å². The standard InChI is InChI=1S/C17H25N3O/c1-20-8-6-13(7-9-20)11-19-17(21)16-10-14-4-2-3-5-15(14)12-18-16/h2-5,13,16,18H,6-12H2,1H3,(H,19,21)/t16-/m0/s1. The van der Waals surface area contributed by atoms with Crippen molar-refractivity contribution in [2.75, 3.05) is 26.7 Å². The van der Waals surface area contributed by atoms with Crippen LogP contribution in [0.3, 0.4) is 0 Å². The fraction of sp³-hybridized carbons (Fsp3) is 0.588. The van der Waals surface area contributed by atoms with Crippen molar-refractivity contribution in [2.24, 2.45) is 5.92 Å². The number of carbonyl (C=O) groups is 1. The number of hydrogen-bond donors (Lipinski definition) is 2. The molecule has 1 aromatic rings. The van der Waals surface area contributed by atoms with Gasteiger partial charge in [0.1, 0.15) is 0 Å². The fourth-order valence-corrected chi connectivity index (χ4v) is 3.27. The predicted molar refractivity (Wildman–Crippen MR) is 84.0 cm³/mol. The first-order valence-electron chi connectivity index (χ1n) is 7.99. The lowest BCUT2D eigenvalue weighted by molar-refractivity contribution is -0.123. The molecule has 2 N–H and O–H groups in total. The first kappa shape index (κ1) is 14.5. The Hall–Kier alpha value is -1.39. The number of carbonyl (C=O) groups excluding carboxylic acids is 1. The van der Waals surface area contributed by atoms with Crippen LogP contribution in [0, 0.1) is 5.92 Å². The second kappa shape index (κ2) is 6.58. The number of hydrogen-bond acceptors (Lipinski definition) is 3. The topological polar surface area (TPSA) is 44.4 Å². The summed E-state index contributed by atoms with van der Waals surface area (Å²) in [6, 6.07) is 8.30. The number of piperidine rings is 1. The largest absolute Gasteiger partial charge is 0.354 e. The summed E-state index contributed by atoms with van der Waals surface area (Å²) in [6.07, 6.45) is 3.19. The molecule has 0 bridgehead atoms. The van der Waals surface area contributed by atoms with E-state index < -0.39 is 0 Å². The van der Waals surface area contributed by atoms with Crippen LogP contribution in [0.1, 0.15) is 24.0 Å². The van der Waals surface area contributed by atoms with Gasteiger partial charge in [-0.25, -0.2) is 0 Å². The number of nitrogens with one attached hydrogen (secondary N) is 2. The van der Waals surface area contributed by atoms with Crippen molar-refractivity contribution in [1.82, 2.24) is 15.5 Å². The van der Waals surface area contributed by atoms with E-state index in [9.17, 15) is 4.79 Å². The zero-order valence-corrected chi connectivity index (χ0v) is 12.8. The van der Waals surface area contributed by atoms with E-state index in [1.165, 1.54) is 24.0 Å². The molecule has 114 valence electrons. The third-order valence-electron chi connectivity index (χ3n) is 4.80. The summed E-state index contributed by atoms with van der Waals surface area (Å²) in [5.41, 5.74) is 2.62. The average molecular weight is 287 g/mol. The van der Waals surface area contributed by atoms with Crippen molar-refractivity contribution in [1.29, 1.82) is 0 Å². The minimum Gasteiger partial charge on any atom is -0.354 e. The van der Waals surface area contributed by atoms with E-state index in [-0.39, 0.29) is 11.9 Å². The van der Waals surface area contributed by atoms with Gasteiger partial charge < -0.3 is 15.5 Å². The van der Waals surface area contributed by atoms with E-state index in [0.29, 0.717) is 5.92 Å². The SMILES string of the molecule is CN1CCC(CNC(=O)[C@@H]2Cc3ccccc3CN2)CC1. The molecule has 2 aliphatic rings. The Bertz CT molecular complexity index is 495. The molecule has 4 nitrogen and oxygen atoms in total.